The normalized spacial score (nSPS) is 17.2. The SMILES string of the molecule is COC(=O)C(=O)[C@H](C)NC(=O)[C@@H]1Cc2ccc(O)c(c2)-c2cc(ccc2O)[C@H](N(C)C(=O)[C@H](CCCCN)NC(=O)c2ccc(-c3ccc(Cl)cc3)cc2)C(=O)N[C@@H](C)C(=O)N1. The molecule has 1 aliphatic rings. The lowest BCUT2D eigenvalue weighted by atomic mass is 9.93. The van der Waals surface area contributed by atoms with Crippen LogP contribution in [0.15, 0.2) is 84.9 Å². The van der Waals surface area contributed by atoms with Crippen LogP contribution in [0.3, 0.4) is 0 Å². The van der Waals surface area contributed by atoms with Gasteiger partial charge >= 0.3 is 5.97 Å². The summed E-state index contributed by atoms with van der Waals surface area (Å²) in [6.45, 7) is 2.97. The van der Waals surface area contributed by atoms with E-state index >= 15 is 0 Å². The fraction of sp³-hybridized carbons (Fsp3) is 0.311. The number of ketones is 1. The van der Waals surface area contributed by atoms with Gasteiger partial charge in [0.25, 0.3) is 11.7 Å². The molecule has 0 radical (unpaired) electrons. The van der Waals surface area contributed by atoms with E-state index in [-0.39, 0.29) is 46.6 Å². The van der Waals surface area contributed by atoms with Crippen molar-refractivity contribution >= 4 is 52.9 Å². The predicted molar refractivity (Wildman–Crippen MR) is 230 cm³/mol. The van der Waals surface area contributed by atoms with E-state index in [1.165, 1.54) is 57.3 Å². The number of ether oxygens (including phenoxy) is 1. The van der Waals surface area contributed by atoms with Crippen LogP contribution in [0.2, 0.25) is 5.02 Å². The number of phenols is 2. The molecule has 16 nitrogen and oxygen atoms in total. The summed E-state index contributed by atoms with van der Waals surface area (Å²) in [6, 6.07) is 15.8. The summed E-state index contributed by atoms with van der Waals surface area (Å²) in [5.41, 5.74) is 8.52. The Morgan fingerprint density at radius 3 is 2.10 bits per heavy atom. The molecule has 0 aromatic heterocycles. The molecule has 0 aliphatic carbocycles. The van der Waals surface area contributed by atoms with Gasteiger partial charge in [-0.15, -0.1) is 0 Å². The zero-order chi connectivity index (χ0) is 45.2. The molecule has 4 bridgehead atoms. The number of nitrogens with two attached hydrogens (primary N) is 1. The maximum atomic E-state index is 14.5. The average Bonchev–Trinajstić information content (AvgIpc) is 3.26. The van der Waals surface area contributed by atoms with Gasteiger partial charge in [0.15, 0.2) is 0 Å². The van der Waals surface area contributed by atoms with Crippen molar-refractivity contribution in [2.24, 2.45) is 5.73 Å². The van der Waals surface area contributed by atoms with E-state index in [0.717, 1.165) is 23.1 Å². The number of nitrogens with one attached hydrogen (secondary N) is 4. The molecule has 4 aromatic carbocycles. The number of hydrogen-bond acceptors (Lipinski definition) is 11. The van der Waals surface area contributed by atoms with E-state index in [2.05, 4.69) is 26.0 Å². The van der Waals surface area contributed by atoms with Crippen LogP contribution in [0.5, 0.6) is 11.5 Å². The number of amides is 5. The van der Waals surface area contributed by atoms with Crippen molar-refractivity contribution in [2.45, 2.75) is 69.7 Å². The molecule has 1 aliphatic heterocycles. The Balaban J connectivity index is 1.49. The van der Waals surface area contributed by atoms with Gasteiger partial charge in [0.05, 0.1) is 13.2 Å². The Morgan fingerprint density at radius 2 is 1.47 bits per heavy atom. The van der Waals surface area contributed by atoms with Gasteiger partial charge in [-0.2, -0.15) is 0 Å². The summed E-state index contributed by atoms with van der Waals surface area (Å²) in [5.74, 6) is -6.48. The average molecular weight is 869 g/mol. The Hall–Kier alpha value is -6.78. The van der Waals surface area contributed by atoms with E-state index < -0.39 is 71.5 Å². The maximum Gasteiger partial charge on any atom is 0.376 e. The monoisotopic (exact) mass is 868 g/mol. The second kappa shape index (κ2) is 20.7. The molecule has 62 heavy (non-hydrogen) atoms. The third-order valence-corrected chi connectivity index (χ3v) is 10.8. The summed E-state index contributed by atoms with van der Waals surface area (Å²) < 4.78 is 4.47. The number of hydrogen-bond donors (Lipinski definition) is 7. The number of Topliss-reactive ketones (excluding diaryl/α,β-unsaturated/α-hetero) is 1. The van der Waals surface area contributed by atoms with Crippen LogP contribution in [0, 0.1) is 0 Å². The number of aromatic hydroxyl groups is 2. The van der Waals surface area contributed by atoms with Gasteiger partial charge in [0, 0.05) is 35.2 Å². The number of nitrogens with zero attached hydrogens (tertiary/aromatic N) is 1. The number of carbonyl (C=O) groups excluding carboxylic acids is 7. The summed E-state index contributed by atoms with van der Waals surface area (Å²) in [6.07, 6.45) is 0.971. The molecule has 0 saturated heterocycles. The second-order valence-electron chi connectivity index (χ2n) is 15.0. The molecular formula is C45H49ClN6O10. The van der Waals surface area contributed by atoms with Crippen molar-refractivity contribution in [1.82, 2.24) is 26.2 Å². The molecule has 5 amide bonds. The Labute approximate surface area is 363 Å². The number of fused-ring (bicyclic) bond motifs is 5. The van der Waals surface area contributed by atoms with E-state index in [9.17, 15) is 43.8 Å². The number of esters is 1. The summed E-state index contributed by atoms with van der Waals surface area (Å²) in [4.78, 5) is 95.2. The first-order valence-corrected chi connectivity index (χ1v) is 20.2. The van der Waals surface area contributed by atoms with E-state index in [1.807, 2.05) is 12.1 Å². The minimum atomic E-state index is -1.47. The van der Waals surface area contributed by atoms with Crippen LogP contribution in [-0.2, 0) is 39.9 Å². The summed E-state index contributed by atoms with van der Waals surface area (Å²) in [7, 11) is 2.38. The fourth-order valence-electron chi connectivity index (χ4n) is 6.99. The summed E-state index contributed by atoms with van der Waals surface area (Å²) in [5, 5.41) is 33.2. The minimum Gasteiger partial charge on any atom is -0.507 e. The topological polar surface area (TPSA) is 247 Å². The maximum absolute atomic E-state index is 14.5. The number of unbranched alkanes of at least 4 members (excludes halogenated alkanes) is 1. The number of phenolic OH excluding ortho intramolecular Hbond substituents is 2. The zero-order valence-electron chi connectivity index (χ0n) is 34.6. The largest absolute Gasteiger partial charge is 0.507 e. The lowest BCUT2D eigenvalue weighted by molar-refractivity contribution is -0.152. The highest BCUT2D eigenvalue weighted by Crippen LogP contribution is 2.39. The van der Waals surface area contributed by atoms with Crippen LogP contribution in [0.25, 0.3) is 22.3 Å². The van der Waals surface area contributed by atoms with Gasteiger partial charge in [-0.05, 0) is 110 Å². The molecule has 5 rings (SSSR count). The van der Waals surface area contributed by atoms with Crippen LogP contribution >= 0.6 is 11.6 Å². The van der Waals surface area contributed by atoms with Gasteiger partial charge in [0.1, 0.15) is 35.7 Å². The van der Waals surface area contributed by atoms with Crippen molar-refractivity contribution in [3.8, 4) is 33.8 Å². The van der Waals surface area contributed by atoms with Crippen molar-refractivity contribution in [3.05, 3.63) is 107 Å². The first-order chi connectivity index (χ1) is 29.5. The van der Waals surface area contributed by atoms with Crippen molar-refractivity contribution < 1.29 is 48.5 Å². The highest BCUT2D eigenvalue weighted by Gasteiger charge is 2.36. The quantitative estimate of drug-likeness (QED) is 0.0584. The van der Waals surface area contributed by atoms with Crippen LogP contribution in [0.4, 0.5) is 0 Å². The van der Waals surface area contributed by atoms with Gasteiger partial charge in [-0.25, -0.2) is 4.79 Å². The number of likely N-dealkylation sites (N-methyl/N-ethyl adjacent to an activating group) is 1. The number of rotatable bonds is 13. The molecule has 0 unspecified atom stereocenters. The molecular weight excluding hydrogens is 820 g/mol. The molecule has 4 aromatic rings. The van der Waals surface area contributed by atoms with Crippen molar-refractivity contribution in [2.75, 3.05) is 20.7 Å². The van der Waals surface area contributed by atoms with Crippen molar-refractivity contribution in [3.63, 3.8) is 0 Å². The molecule has 8 N–H and O–H groups in total. The molecule has 0 fully saturated rings. The first-order valence-electron chi connectivity index (χ1n) is 19.8. The predicted octanol–water partition coefficient (Wildman–Crippen LogP) is 3.30. The Morgan fingerprint density at radius 1 is 0.855 bits per heavy atom. The van der Waals surface area contributed by atoms with Crippen LogP contribution in [0.1, 0.15) is 60.6 Å². The molecule has 1 heterocycles. The fourth-order valence-corrected chi connectivity index (χ4v) is 7.12. The van der Waals surface area contributed by atoms with Gasteiger partial charge in [-0.1, -0.05) is 48.0 Å². The lowest BCUT2D eigenvalue weighted by Crippen LogP contribution is -2.57. The number of benzene rings is 4. The van der Waals surface area contributed by atoms with Gasteiger partial charge in [-0.3, -0.25) is 28.8 Å². The Kier molecular flexibility index (Phi) is 15.4. The third-order valence-electron chi connectivity index (χ3n) is 10.5. The standard InChI is InChI=1S/C45H49ClN6O10/c1-24(39(55)45(61)62-4)48-42(58)35-22-26-8-18-36(53)32(21-26)33-23-30(15-19-37(33)54)38(43(59)49-25(2)40(56)51-35)52(3)44(60)34(7-5-6-20-47)50-41(57)29-11-9-27(10-12-29)28-13-16-31(46)17-14-28/h8-19,21,23-25,34-35,38,53-54H,5-7,20,22,47H2,1-4H3,(H,48,58)(H,49,59)(H,50,57)(H,51,56)/t24-,25-,34-,35-,38-/m0/s1. The minimum absolute atomic E-state index is 0.0720. The molecule has 0 saturated carbocycles. The van der Waals surface area contributed by atoms with Crippen molar-refractivity contribution in [1.29, 1.82) is 0 Å². The number of halogens is 1. The second-order valence-corrected chi connectivity index (χ2v) is 15.4. The number of methoxy groups -OCH3 is 1. The molecule has 0 spiro atoms. The smallest absolute Gasteiger partial charge is 0.376 e. The van der Waals surface area contributed by atoms with E-state index in [0.29, 0.717) is 30.0 Å². The highest BCUT2D eigenvalue weighted by molar-refractivity contribution is 6.36. The molecule has 17 heteroatoms. The zero-order valence-corrected chi connectivity index (χ0v) is 35.3. The van der Waals surface area contributed by atoms with Crippen LogP contribution < -0.4 is 27.0 Å². The third kappa shape index (κ3) is 11.1. The van der Waals surface area contributed by atoms with E-state index in [4.69, 9.17) is 17.3 Å². The van der Waals surface area contributed by atoms with Gasteiger partial charge in [0.2, 0.25) is 23.6 Å². The Bertz CT molecular complexity index is 2340. The van der Waals surface area contributed by atoms with E-state index in [1.54, 1.807) is 36.4 Å². The lowest BCUT2D eigenvalue weighted by Gasteiger charge is -2.32. The first kappa shape index (κ1) is 46.3. The summed E-state index contributed by atoms with van der Waals surface area (Å²) >= 11 is 6.04. The number of carbonyl (C=O) groups is 7. The molecule has 326 valence electrons. The van der Waals surface area contributed by atoms with Gasteiger partial charge < -0.3 is 46.9 Å². The van der Waals surface area contributed by atoms with Crippen LogP contribution in [-0.4, -0.2) is 101 Å². The highest BCUT2D eigenvalue weighted by atomic mass is 35.5. The molecule has 5 atom stereocenters.